The van der Waals surface area contributed by atoms with Crippen molar-refractivity contribution in [3.8, 4) is 5.75 Å². The van der Waals surface area contributed by atoms with Crippen LogP contribution in [0.25, 0.3) is 0 Å². The van der Waals surface area contributed by atoms with E-state index in [4.69, 9.17) is 4.74 Å². The van der Waals surface area contributed by atoms with Crippen LogP contribution >= 0.6 is 0 Å². The standard InChI is InChI=1S/C12H11FN2O2/c13-11-4-1-3-10(9-16)12(11)17-8-7-15-6-2-5-14-15/h1-6,9H,7-8H2. The van der Waals surface area contributed by atoms with Crippen LogP contribution < -0.4 is 4.74 Å². The van der Waals surface area contributed by atoms with Crippen molar-refractivity contribution in [3.63, 3.8) is 0 Å². The number of rotatable bonds is 5. The first-order valence-electron chi connectivity index (χ1n) is 5.15. The molecule has 0 atom stereocenters. The maximum Gasteiger partial charge on any atom is 0.165 e. The fourth-order valence-electron chi connectivity index (χ4n) is 1.44. The molecule has 0 saturated heterocycles. The summed E-state index contributed by atoms with van der Waals surface area (Å²) in [6.45, 7) is 0.753. The molecule has 0 amide bonds. The largest absolute Gasteiger partial charge is 0.488 e. The Balaban J connectivity index is 2.01. The van der Waals surface area contributed by atoms with E-state index in [-0.39, 0.29) is 17.9 Å². The summed E-state index contributed by atoms with van der Waals surface area (Å²) in [6, 6.07) is 6.04. The van der Waals surface area contributed by atoms with Gasteiger partial charge in [0.15, 0.2) is 17.9 Å². The minimum atomic E-state index is -0.532. The fraction of sp³-hybridized carbons (Fsp3) is 0.167. The molecular formula is C12H11FN2O2. The summed E-state index contributed by atoms with van der Waals surface area (Å²) in [5.74, 6) is -0.537. The van der Waals surface area contributed by atoms with Crippen molar-refractivity contribution in [3.05, 3.63) is 48.0 Å². The third kappa shape index (κ3) is 2.69. The second-order valence-electron chi connectivity index (χ2n) is 3.39. The molecule has 17 heavy (non-hydrogen) atoms. The number of aldehydes is 1. The number of ether oxygens (including phenoxy) is 1. The van der Waals surface area contributed by atoms with Crippen LogP contribution in [-0.2, 0) is 6.54 Å². The third-order valence-electron chi connectivity index (χ3n) is 2.25. The molecule has 0 spiro atoms. The number of aromatic nitrogens is 2. The van der Waals surface area contributed by atoms with E-state index in [1.807, 2.05) is 0 Å². The Morgan fingerprint density at radius 1 is 1.41 bits per heavy atom. The molecule has 4 nitrogen and oxygen atoms in total. The van der Waals surface area contributed by atoms with E-state index < -0.39 is 5.82 Å². The average Bonchev–Trinajstić information content (AvgIpc) is 2.84. The summed E-state index contributed by atoms with van der Waals surface area (Å²) in [7, 11) is 0. The highest BCUT2D eigenvalue weighted by atomic mass is 19.1. The molecule has 0 fully saturated rings. The number of carbonyl (C=O) groups is 1. The number of benzene rings is 1. The zero-order valence-electron chi connectivity index (χ0n) is 9.04. The van der Waals surface area contributed by atoms with Gasteiger partial charge in [-0.1, -0.05) is 6.07 Å². The Kier molecular flexibility index (Phi) is 3.49. The van der Waals surface area contributed by atoms with Gasteiger partial charge < -0.3 is 4.74 Å². The van der Waals surface area contributed by atoms with Gasteiger partial charge in [-0.15, -0.1) is 0 Å². The van der Waals surface area contributed by atoms with E-state index in [1.165, 1.54) is 18.2 Å². The highest BCUT2D eigenvalue weighted by Crippen LogP contribution is 2.20. The summed E-state index contributed by atoms with van der Waals surface area (Å²) in [4.78, 5) is 10.7. The van der Waals surface area contributed by atoms with Gasteiger partial charge in [-0.3, -0.25) is 9.48 Å². The van der Waals surface area contributed by atoms with E-state index in [2.05, 4.69) is 5.10 Å². The number of nitrogens with zero attached hydrogens (tertiary/aromatic N) is 2. The lowest BCUT2D eigenvalue weighted by Crippen LogP contribution is -2.10. The van der Waals surface area contributed by atoms with Crippen molar-refractivity contribution >= 4 is 6.29 Å². The van der Waals surface area contributed by atoms with Gasteiger partial charge in [-0.05, 0) is 18.2 Å². The van der Waals surface area contributed by atoms with Crippen LogP contribution in [0, 0.1) is 5.82 Å². The van der Waals surface area contributed by atoms with Crippen LogP contribution in [0.2, 0.25) is 0 Å². The monoisotopic (exact) mass is 234 g/mol. The van der Waals surface area contributed by atoms with E-state index in [0.717, 1.165) is 0 Å². The van der Waals surface area contributed by atoms with E-state index >= 15 is 0 Å². The topological polar surface area (TPSA) is 44.1 Å². The van der Waals surface area contributed by atoms with E-state index in [1.54, 1.807) is 23.1 Å². The number of halogens is 1. The van der Waals surface area contributed by atoms with Crippen molar-refractivity contribution in [2.75, 3.05) is 6.61 Å². The molecule has 5 heteroatoms. The van der Waals surface area contributed by atoms with Crippen molar-refractivity contribution in [1.29, 1.82) is 0 Å². The molecule has 1 aromatic carbocycles. The predicted octanol–water partition coefficient (Wildman–Crippen LogP) is 1.91. The van der Waals surface area contributed by atoms with Crippen molar-refractivity contribution in [2.24, 2.45) is 0 Å². The Morgan fingerprint density at radius 3 is 3.00 bits per heavy atom. The molecule has 0 aliphatic carbocycles. The lowest BCUT2D eigenvalue weighted by molar-refractivity contribution is 0.111. The molecule has 1 aromatic heterocycles. The number of para-hydroxylation sites is 1. The van der Waals surface area contributed by atoms with Crippen molar-refractivity contribution in [2.45, 2.75) is 6.54 Å². The highest BCUT2D eigenvalue weighted by molar-refractivity contribution is 5.79. The molecule has 0 unspecified atom stereocenters. The lowest BCUT2D eigenvalue weighted by atomic mass is 10.2. The van der Waals surface area contributed by atoms with Gasteiger partial charge in [0.25, 0.3) is 0 Å². The maximum absolute atomic E-state index is 13.4. The molecule has 0 bridgehead atoms. The fourth-order valence-corrected chi connectivity index (χ4v) is 1.44. The van der Waals surface area contributed by atoms with Crippen molar-refractivity contribution in [1.82, 2.24) is 9.78 Å². The first-order chi connectivity index (χ1) is 8.31. The first-order valence-corrected chi connectivity index (χ1v) is 5.15. The number of hydrogen-bond donors (Lipinski definition) is 0. The van der Waals surface area contributed by atoms with Gasteiger partial charge in [0, 0.05) is 12.4 Å². The molecule has 2 rings (SSSR count). The molecule has 0 aliphatic rings. The smallest absolute Gasteiger partial charge is 0.165 e. The summed E-state index contributed by atoms with van der Waals surface area (Å²) in [5, 5.41) is 3.99. The Bertz CT molecular complexity index is 497. The average molecular weight is 234 g/mol. The summed E-state index contributed by atoms with van der Waals surface area (Å²) in [6.07, 6.45) is 4.01. The molecule has 1 heterocycles. The van der Waals surface area contributed by atoms with Crippen LogP contribution in [0.1, 0.15) is 10.4 Å². The SMILES string of the molecule is O=Cc1cccc(F)c1OCCn1cccn1. The molecule has 0 saturated carbocycles. The Labute approximate surface area is 97.6 Å². The van der Waals surface area contributed by atoms with Gasteiger partial charge in [0.05, 0.1) is 12.1 Å². The minimum Gasteiger partial charge on any atom is -0.488 e. The lowest BCUT2D eigenvalue weighted by Gasteiger charge is -2.09. The van der Waals surface area contributed by atoms with E-state index in [0.29, 0.717) is 12.8 Å². The Hall–Kier alpha value is -2.17. The first kappa shape index (κ1) is 11.3. The van der Waals surface area contributed by atoms with Crippen LogP contribution in [-0.4, -0.2) is 22.7 Å². The molecule has 0 aliphatic heterocycles. The molecular weight excluding hydrogens is 223 g/mol. The van der Waals surface area contributed by atoms with Crippen LogP contribution in [0.5, 0.6) is 5.75 Å². The van der Waals surface area contributed by atoms with Gasteiger partial charge >= 0.3 is 0 Å². The summed E-state index contributed by atoms with van der Waals surface area (Å²) in [5.41, 5.74) is 0.213. The quantitative estimate of drug-likeness (QED) is 0.742. The second-order valence-corrected chi connectivity index (χ2v) is 3.39. The van der Waals surface area contributed by atoms with Gasteiger partial charge in [-0.25, -0.2) is 4.39 Å². The third-order valence-corrected chi connectivity index (χ3v) is 2.25. The highest BCUT2D eigenvalue weighted by Gasteiger charge is 2.08. The van der Waals surface area contributed by atoms with Crippen LogP contribution in [0.15, 0.2) is 36.7 Å². The Morgan fingerprint density at radius 2 is 2.29 bits per heavy atom. The van der Waals surface area contributed by atoms with Crippen LogP contribution in [0.4, 0.5) is 4.39 Å². The summed E-state index contributed by atoms with van der Waals surface area (Å²) < 4.78 is 20.3. The predicted molar refractivity (Wildman–Crippen MR) is 59.5 cm³/mol. The maximum atomic E-state index is 13.4. The number of carbonyl (C=O) groups excluding carboxylic acids is 1. The second kappa shape index (κ2) is 5.25. The molecule has 0 N–H and O–H groups in total. The zero-order valence-corrected chi connectivity index (χ0v) is 9.04. The van der Waals surface area contributed by atoms with E-state index in [9.17, 15) is 9.18 Å². The minimum absolute atomic E-state index is 0.00495. The summed E-state index contributed by atoms with van der Waals surface area (Å²) >= 11 is 0. The van der Waals surface area contributed by atoms with Crippen LogP contribution in [0.3, 0.4) is 0 Å². The number of hydrogen-bond acceptors (Lipinski definition) is 3. The molecule has 2 aromatic rings. The molecule has 0 radical (unpaired) electrons. The zero-order chi connectivity index (χ0) is 12.1. The van der Waals surface area contributed by atoms with Gasteiger partial charge in [0.2, 0.25) is 0 Å². The normalized spacial score (nSPS) is 10.2. The van der Waals surface area contributed by atoms with Crippen molar-refractivity contribution < 1.29 is 13.9 Å². The van der Waals surface area contributed by atoms with Gasteiger partial charge in [-0.2, -0.15) is 5.10 Å². The molecule has 88 valence electrons. The van der Waals surface area contributed by atoms with Gasteiger partial charge in [0.1, 0.15) is 6.61 Å².